The van der Waals surface area contributed by atoms with Crippen molar-refractivity contribution < 1.29 is 14.3 Å². The average Bonchev–Trinajstić information content (AvgIpc) is 3.06. The van der Waals surface area contributed by atoms with E-state index in [1.165, 1.54) is 0 Å². The lowest BCUT2D eigenvalue weighted by molar-refractivity contribution is -0.128. The minimum atomic E-state index is -0.381. The van der Waals surface area contributed by atoms with E-state index in [9.17, 15) is 9.59 Å². The number of carbonyl (C=O) groups excluding carboxylic acids is 2. The summed E-state index contributed by atoms with van der Waals surface area (Å²) >= 11 is 0. The Kier molecular flexibility index (Phi) is 5.84. The van der Waals surface area contributed by atoms with E-state index in [4.69, 9.17) is 4.74 Å². The van der Waals surface area contributed by atoms with Crippen molar-refractivity contribution in [3.63, 3.8) is 0 Å². The fourth-order valence-electron chi connectivity index (χ4n) is 2.96. The van der Waals surface area contributed by atoms with Crippen molar-refractivity contribution in [2.75, 3.05) is 18.5 Å². The second kappa shape index (κ2) is 8.47. The minimum absolute atomic E-state index is 0.234. The molecule has 1 aromatic heterocycles. The summed E-state index contributed by atoms with van der Waals surface area (Å²) in [4.78, 5) is 29.8. The Morgan fingerprint density at radius 2 is 2.00 bits per heavy atom. The SMILES string of the molecule is CCOC(=O)c1cccnc1NCc1ccc(CN2CCCC2=O)cc1. The van der Waals surface area contributed by atoms with E-state index >= 15 is 0 Å². The molecule has 1 saturated heterocycles. The number of anilines is 1. The number of likely N-dealkylation sites (tertiary alicyclic amines) is 1. The third-order valence-electron chi connectivity index (χ3n) is 4.33. The Morgan fingerprint density at radius 1 is 1.23 bits per heavy atom. The van der Waals surface area contributed by atoms with Crippen LogP contribution in [0.2, 0.25) is 0 Å². The lowest BCUT2D eigenvalue weighted by Gasteiger charge is -2.16. The van der Waals surface area contributed by atoms with Gasteiger partial charge in [-0.1, -0.05) is 24.3 Å². The smallest absolute Gasteiger partial charge is 0.341 e. The van der Waals surface area contributed by atoms with Crippen LogP contribution in [0.15, 0.2) is 42.6 Å². The Labute approximate surface area is 153 Å². The molecule has 2 heterocycles. The number of hydrogen-bond acceptors (Lipinski definition) is 5. The molecule has 6 nitrogen and oxygen atoms in total. The van der Waals surface area contributed by atoms with Gasteiger partial charge in [0.2, 0.25) is 5.91 Å². The highest BCUT2D eigenvalue weighted by atomic mass is 16.5. The average molecular weight is 353 g/mol. The van der Waals surface area contributed by atoms with E-state index < -0.39 is 0 Å². The molecule has 6 heteroatoms. The Morgan fingerprint density at radius 3 is 2.69 bits per heavy atom. The van der Waals surface area contributed by atoms with Gasteiger partial charge in [-0.05, 0) is 36.6 Å². The maximum absolute atomic E-state index is 12.0. The van der Waals surface area contributed by atoms with E-state index in [-0.39, 0.29) is 11.9 Å². The van der Waals surface area contributed by atoms with Crippen LogP contribution in [0.3, 0.4) is 0 Å². The first kappa shape index (κ1) is 17.9. The predicted molar refractivity (Wildman–Crippen MR) is 98.6 cm³/mol. The largest absolute Gasteiger partial charge is 0.462 e. The number of carbonyl (C=O) groups is 2. The normalized spacial score (nSPS) is 13.7. The van der Waals surface area contributed by atoms with E-state index in [0.717, 1.165) is 24.1 Å². The molecule has 0 atom stereocenters. The summed E-state index contributed by atoms with van der Waals surface area (Å²) in [6.07, 6.45) is 3.25. The number of pyridine rings is 1. The van der Waals surface area contributed by atoms with Crippen LogP contribution in [0, 0.1) is 0 Å². The molecule has 0 unspecified atom stereocenters. The van der Waals surface area contributed by atoms with Gasteiger partial charge in [-0.15, -0.1) is 0 Å². The van der Waals surface area contributed by atoms with Crippen molar-refractivity contribution in [1.29, 1.82) is 0 Å². The number of amides is 1. The van der Waals surface area contributed by atoms with Crippen LogP contribution in [0.4, 0.5) is 5.82 Å². The first-order valence-corrected chi connectivity index (χ1v) is 8.89. The summed E-state index contributed by atoms with van der Waals surface area (Å²) in [5.74, 6) is 0.365. The quantitative estimate of drug-likeness (QED) is 0.775. The molecule has 0 aliphatic carbocycles. The molecule has 0 saturated carbocycles. The zero-order valence-corrected chi connectivity index (χ0v) is 14.9. The zero-order chi connectivity index (χ0) is 18.4. The van der Waals surface area contributed by atoms with Crippen molar-refractivity contribution in [2.45, 2.75) is 32.9 Å². The van der Waals surface area contributed by atoms with Gasteiger partial charge >= 0.3 is 5.97 Å². The highest BCUT2D eigenvalue weighted by molar-refractivity contribution is 5.94. The molecule has 0 spiro atoms. The molecule has 1 amide bonds. The van der Waals surface area contributed by atoms with Crippen molar-refractivity contribution >= 4 is 17.7 Å². The topological polar surface area (TPSA) is 71.5 Å². The maximum atomic E-state index is 12.0. The molecule has 3 rings (SSSR count). The van der Waals surface area contributed by atoms with Gasteiger partial charge in [0.25, 0.3) is 0 Å². The van der Waals surface area contributed by atoms with Crippen LogP contribution >= 0.6 is 0 Å². The third kappa shape index (κ3) is 4.39. The zero-order valence-electron chi connectivity index (χ0n) is 14.9. The molecular weight excluding hydrogens is 330 g/mol. The second-order valence-electron chi connectivity index (χ2n) is 6.21. The van der Waals surface area contributed by atoms with Crippen molar-refractivity contribution in [1.82, 2.24) is 9.88 Å². The number of aromatic nitrogens is 1. The summed E-state index contributed by atoms with van der Waals surface area (Å²) in [5, 5.41) is 3.19. The number of esters is 1. The number of benzene rings is 1. The van der Waals surface area contributed by atoms with E-state index in [0.29, 0.717) is 37.5 Å². The highest BCUT2D eigenvalue weighted by Crippen LogP contribution is 2.17. The molecule has 2 aromatic rings. The molecule has 26 heavy (non-hydrogen) atoms. The standard InChI is InChI=1S/C20H23N3O3/c1-2-26-20(25)17-5-3-11-21-19(17)22-13-15-7-9-16(10-8-15)14-23-12-4-6-18(23)24/h3,5,7-11H,2,4,6,12-14H2,1H3,(H,21,22). The molecule has 136 valence electrons. The monoisotopic (exact) mass is 353 g/mol. The number of ether oxygens (including phenoxy) is 1. The first-order chi connectivity index (χ1) is 12.7. The first-order valence-electron chi connectivity index (χ1n) is 8.89. The third-order valence-corrected chi connectivity index (χ3v) is 4.33. The fraction of sp³-hybridized carbons (Fsp3) is 0.350. The molecule has 0 radical (unpaired) electrons. The Hall–Kier alpha value is -2.89. The molecule has 1 fully saturated rings. The Balaban J connectivity index is 1.60. The van der Waals surface area contributed by atoms with E-state index in [1.807, 2.05) is 29.2 Å². The summed E-state index contributed by atoms with van der Waals surface area (Å²) in [6.45, 7) is 4.16. The number of nitrogens with zero attached hydrogens (tertiary/aromatic N) is 2. The molecular formula is C20H23N3O3. The van der Waals surface area contributed by atoms with Crippen molar-refractivity contribution in [3.8, 4) is 0 Å². The van der Waals surface area contributed by atoms with Crippen LogP contribution < -0.4 is 5.32 Å². The molecule has 0 bridgehead atoms. The second-order valence-corrected chi connectivity index (χ2v) is 6.21. The van der Waals surface area contributed by atoms with Crippen LogP contribution in [-0.2, 0) is 22.6 Å². The Bertz CT molecular complexity index is 774. The summed E-state index contributed by atoms with van der Waals surface area (Å²) in [6, 6.07) is 11.5. The van der Waals surface area contributed by atoms with Crippen LogP contribution in [0.1, 0.15) is 41.3 Å². The van der Waals surface area contributed by atoms with Gasteiger partial charge in [0.1, 0.15) is 11.4 Å². The van der Waals surface area contributed by atoms with E-state index in [1.54, 1.807) is 25.3 Å². The minimum Gasteiger partial charge on any atom is -0.462 e. The highest BCUT2D eigenvalue weighted by Gasteiger charge is 2.19. The van der Waals surface area contributed by atoms with Crippen LogP contribution in [-0.4, -0.2) is 34.9 Å². The van der Waals surface area contributed by atoms with Crippen molar-refractivity contribution in [2.24, 2.45) is 0 Å². The van der Waals surface area contributed by atoms with Gasteiger partial charge in [0, 0.05) is 32.3 Å². The van der Waals surface area contributed by atoms with Gasteiger partial charge in [0.15, 0.2) is 0 Å². The maximum Gasteiger partial charge on any atom is 0.341 e. The molecule has 1 aromatic carbocycles. The summed E-state index contributed by atoms with van der Waals surface area (Å²) in [7, 11) is 0. The molecule has 1 aliphatic heterocycles. The summed E-state index contributed by atoms with van der Waals surface area (Å²) < 4.78 is 5.06. The van der Waals surface area contributed by atoms with Gasteiger partial charge < -0.3 is 15.0 Å². The lowest BCUT2D eigenvalue weighted by Crippen LogP contribution is -2.23. The summed E-state index contributed by atoms with van der Waals surface area (Å²) in [5.41, 5.74) is 2.62. The van der Waals surface area contributed by atoms with Gasteiger partial charge in [-0.3, -0.25) is 4.79 Å². The van der Waals surface area contributed by atoms with Gasteiger partial charge in [-0.25, -0.2) is 9.78 Å². The van der Waals surface area contributed by atoms with Crippen LogP contribution in [0.5, 0.6) is 0 Å². The molecule has 1 N–H and O–H groups in total. The number of nitrogens with one attached hydrogen (secondary N) is 1. The lowest BCUT2D eigenvalue weighted by atomic mass is 10.1. The van der Waals surface area contributed by atoms with Gasteiger partial charge in [-0.2, -0.15) is 0 Å². The molecule has 1 aliphatic rings. The fourth-order valence-corrected chi connectivity index (χ4v) is 2.96. The number of rotatable bonds is 7. The van der Waals surface area contributed by atoms with Crippen molar-refractivity contribution in [3.05, 3.63) is 59.3 Å². The predicted octanol–water partition coefficient (Wildman–Crippen LogP) is 2.99. The van der Waals surface area contributed by atoms with Gasteiger partial charge in [0.05, 0.1) is 6.61 Å². The van der Waals surface area contributed by atoms with Crippen LogP contribution in [0.25, 0.3) is 0 Å². The van der Waals surface area contributed by atoms with E-state index in [2.05, 4.69) is 10.3 Å². The number of hydrogen-bond donors (Lipinski definition) is 1.